The third-order valence-corrected chi connectivity index (χ3v) is 5.39. The number of likely N-dealkylation sites (tertiary alicyclic amines) is 1. The number of aromatic nitrogens is 1. The van der Waals surface area contributed by atoms with Gasteiger partial charge in [0.05, 0.1) is 10.7 Å². The largest absolute Gasteiger partial charge is 0.297 e. The Labute approximate surface area is 125 Å². The highest BCUT2D eigenvalue weighted by Gasteiger charge is 2.36. The van der Waals surface area contributed by atoms with E-state index in [0.717, 1.165) is 17.3 Å². The summed E-state index contributed by atoms with van der Waals surface area (Å²) in [5.41, 5.74) is 1.58. The molecule has 1 saturated heterocycles. The lowest BCUT2D eigenvalue weighted by atomic mass is 9.77. The van der Waals surface area contributed by atoms with E-state index < -0.39 is 0 Å². The van der Waals surface area contributed by atoms with Gasteiger partial charge in [-0.1, -0.05) is 36.0 Å². The number of halogens is 2. The molecule has 2 heterocycles. The molecule has 1 aromatic heterocycles. The first-order valence-electron chi connectivity index (χ1n) is 7.20. The molecule has 0 bridgehead atoms. The van der Waals surface area contributed by atoms with Crippen LogP contribution in [0.5, 0.6) is 0 Å². The zero-order valence-electron chi connectivity index (χ0n) is 11.2. The van der Waals surface area contributed by atoms with Gasteiger partial charge in [-0.15, -0.1) is 0 Å². The van der Waals surface area contributed by atoms with E-state index in [0.29, 0.717) is 10.6 Å². The van der Waals surface area contributed by atoms with E-state index in [1.165, 1.54) is 51.6 Å². The first kappa shape index (κ1) is 13.7. The molecule has 104 valence electrons. The Morgan fingerprint density at radius 2 is 1.74 bits per heavy atom. The van der Waals surface area contributed by atoms with Crippen LogP contribution < -0.4 is 0 Å². The van der Waals surface area contributed by atoms with Crippen LogP contribution in [0.1, 0.15) is 44.2 Å². The first-order chi connectivity index (χ1) is 9.17. The molecule has 2 aliphatic rings. The topological polar surface area (TPSA) is 16.1 Å². The van der Waals surface area contributed by atoms with Crippen molar-refractivity contribution in [3.63, 3.8) is 0 Å². The maximum absolute atomic E-state index is 6.19. The van der Waals surface area contributed by atoms with E-state index in [2.05, 4.69) is 9.88 Å². The molecule has 2 nitrogen and oxygen atoms in total. The molecule has 3 rings (SSSR count). The zero-order valence-corrected chi connectivity index (χ0v) is 12.7. The predicted molar refractivity (Wildman–Crippen MR) is 79.7 cm³/mol. The fourth-order valence-electron chi connectivity index (χ4n) is 3.59. The molecule has 0 unspecified atom stereocenters. The molecular formula is C15H20Cl2N2. The van der Waals surface area contributed by atoms with Gasteiger partial charge in [0.1, 0.15) is 5.15 Å². The quantitative estimate of drug-likeness (QED) is 0.745. The summed E-state index contributed by atoms with van der Waals surface area (Å²) in [4.78, 5) is 6.81. The molecule has 2 fully saturated rings. The van der Waals surface area contributed by atoms with Crippen molar-refractivity contribution in [2.45, 2.75) is 45.1 Å². The molecule has 1 aromatic rings. The average molecular weight is 299 g/mol. The number of rotatable bonds is 2. The lowest BCUT2D eigenvalue weighted by molar-refractivity contribution is 0.103. The molecule has 0 N–H and O–H groups in total. The first-order valence-corrected chi connectivity index (χ1v) is 7.96. The fraction of sp³-hybridized carbons (Fsp3) is 0.667. The van der Waals surface area contributed by atoms with Crippen LogP contribution in [0.15, 0.2) is 12.1 Å². The molecular weight excluding hydrogens is 279 g/mol. The number of pyridine rings is 1. The van der Waals surface area contributed by atoms with Gasteiger partial charge in [0.15, 0.2) is 0 Å². The molecule has 0 amide bonds. The summed E-state index contributed by atoms with van der Waals surface area (Å²) in [5.74, 6) is 0. The highest BCUT2D eigenvalue weighted by atomic mass is 35.5. The Morgan fingerprint density at radius 1 is 1.05 bits per heavy atom. The number of nitrogens with zero attached hydrogens (tertiary/aromatic N) is 2. The average Bonchev–Trinajstić information content (AvgIpc) is 2.85. The molecule has 1 saturated carbocycles. The molecule has 4 heteroatoms. The van der Waals surface area contributed by atoms with Gasteiger partial charge in [-0.25, -0.2) is 4.98 Å². The van der Waals surface area contributed by atoms with Crippen LogP contribution in [0, 0.1) is 5.41 Å². The van der Waals surface area contributed by atoms with Crippen LogP contribution in [-0.2, 0) is 6.54 Å². The molecule has 0 aromatic carbocycles. The monoisotopic (exact) mass is 298 g/mol. The Balaban J connectivity index is 1.61. The summed E-state index contributed by atoms with van der Waals surface area (Å²) in [7, 11) is 0. The maximum Gasteiger partial charge on any atom is 0.129 e. The van der Waals surface area contributed by atoms with Gasteiger partial charge in [-0.3, -0.25) is 4.90 Å². The van der Waals surface area contributed by atoms with Crippen molar-refractivity contribution in [1.82, 2.24) is 9.88 Å². The summed E-state index contributed by atoms with van der Waals surface area (Å²) < 4.78 is 0. The number of piperidine rings is 1. The zero-order chi connectivity index (χ0) is 13.3. The van der Waals surface area contributed by atoms with Crippen molar-refractivity contribution in [2.75, 3.05) is 13.1 Å². The van der Waals surface area contributed by atoms with Crippen LogP contribution in [0.4, 0.5) is 0 Å². The molecule has 1 spiro atoms. The molecule has 19 heavy (non-hydrogen) atoms. The summed E-state index contributed by atoms with van der Waals surface area (Å²) in [6, 6.07) is 3.59. The van der Waals surface area contributed by atoms with Crippen molar-refractivity contribution in [2.24, 2.45) is 5.41 Å². The van der Waals surface area contributed by atoms with Crippen molar-refractivity contribution in [1.29, 1.82) is 0 Å². The lowest BCUT2D eigenvalue weighted by Crippen LogP contribution is -2.38. The standard InChI is InChI=1S/C15H20Cl2N2/c16-12-3-4-14(17)18-13(12)11-19-9-7-15(8-10-19)5-1-2-6-15/h3-4H,1-2,5-11H2. The second-order valence-electron chi connectivity index (χ2n) is 6.05. The van der Waals surface area contributed by atoms with Crippen LogP contribution in [0.2, 0.25) is 10.2 Å². The predicted octanol–water partition coefficient (Wildman–Crippen LogP) is 4.54. The third kappa shape index (κ3) is 3.07. The maximum atomic E-state index is 6.19. The summed E-state index contributed by atoms with van der Waals surface area (Å²) in [5, 5.41) is 1.26. The smallest absolute Gasteiger partial charge is 0.129 e. The van der Waals surface area contributed by atoms with Crippen molar-refractivity contribution >= 4 is 23.2 Å². The highest BCUT2D eigenvalue weighted by molar-refractivity contribution is 6.32. The lowest BCUT2D eigenvalue weighted by Gasteiger charge is -2.39. The van der Waals surface area contributed by atoms with Crippen LogP contribution in [-0.4, -0.2) is 23.0 Å². The van der Waals surface area contributed by atoms with Gasteiger partial charge in [0.25, 0.3) is 0 Å². The molecule has 1 aliphatic carbocycles. The summed E-state index contributed by atoms with van der Waals surface area (Å²) in [6.07, 6.45) is 8.42. The Bertz CT molecular complexity index is 445. The Hall–Kier alpha value is -0.310. The molecule has 1 aliphatic heterocycles. The van der Waals surface area contributed by atoms with Gasteiger partial charge in [-0.05, 0) is 56.3 Å². The van der Waals surface area contributed by atoms with E-state index in [-0.39, 0.29) is 0 Å². The highest BCUT2D eigenvalue weighted by Crippen LogP contribution is 2.46. The number of hydrogen-bond donors (Lipinski definition) is 0. The van der Waals surface area contributed by atoms with Crippen molar-refractivity contribution < 1.29 is 0 Å². The minimum Gasteiger partial charge on any atom is -0.297 e. The second-order valence-corrected chi connectivity index (χ2v) is 6.84. The van der Waals surface area contributed by atoms with Gasteiger partial charge in [-0.2, -0.15) is 0 Å². The van der Waals surface area contributed by atoms with Crippen LogP contribution in [0.3, 0.4) is 0 Å². The molecule has 0 atom stereocenters. The van der Waals surface area contributed by atoms with Gasteiger partial charge in [0.2, 0.25) is 0 Å². The van der Waals surface area contributed by atoms with E-state index in [4.69, 9.17) is 23.2 Å². The Kier molecular flexibility index (Phi) is 4.02. The van der Waals surface area contributed by atoms with E-state index in [9.17, 15) is 0 Å². The minimum absolute atomic E-state index is 0.531. The second kappa shape index (κ2) is 5.59. The van der Waals surface area contributed by atoms with Crippen LogP contribution >= 0.6 is 23.2 Å². The van der Waals surface area contributed by atoms with Gasteiger partial charge in [0, 0.05) is 6.54 Å². The molecule has 0 radical (unpaired) electrons. The van der Waals surface area contributed by atoms with Crippen molar-refractivity contribution in [3.8, 4) is 0 Å². The summed E-state index contributed by atoms with van der Waals surface area (Å²) in [6.45, 7) is 3.17. The summed E-state index contributed by atoms with van der Waals surface area (Å²) >= 11 is 12.1. The minimum atomic E-state index is 0.531. The van der Waals surface area contributed by atoms with Crippen LogP contribution in [0.25, 0.3) is 0 Å². The van der Waals surface area contributed by atoms with Gasteiger partial charge >= 0.3 is 0 Å². The fourth-order valence-corrected chi connectivity index (χ4v) is 3.92. The normalized spacial score (nSPS) is 23.1. The van der Waals surface area contributed by atoms with E-state index >= 15 is 0 Å². The third-order valence-electron chi connectivity index (χ3n) is 4.84. The van der Waals surface area contributed by atoms with Gasteiger partial charge < -0.3 is 0 Å². The van der Waals surface area contributed by atoms with E-state index in [1.54, 1.807) is 6.07 Å². The SMILES string of the molecule is Clc1ccc(Cl)c(CN2CCC3(CCCC3)CC2)n1. The van der Waals surface area contributed by atoms with Crippen molar-refractivity contribution in [3.05, 3.63) is 28.0 Å². The van der Waals surface area contributed by atoms with E-state index in [1.807, 2.05) is 6.07 Å². The number of hydrogen-bond acceptors (Lipinski definition) is 2. The Morgan fingerprint density at radius 3 is 2.42 bits per heavy atom.